The lowest BCUT2D eigenvalue weighted by molar-refractivity contribution is -0.122. The highest BCUT2D eigenvalue weighted by Gasteiger charge is 2.23. The summed E-state index contributed by atoms with van der Waals surface area (Å²) in [5.74, 6) is -0.237. The second kappa shape index (κ2) is 7.13. The maximum absolute atomic E-state index is 12.6. The van der Waals surface area contributed by atoms with Crippen LogP contribution in [0, 0.1) is 0 Å². The number of aromatic nitrogens is 2. The number of benzene rings is 1. The standard InChI is InChI=1S/C19H18N4O2S/c24-17(21-14-6-7-14)12-23-11-15(10-20-23)22-19(25)18-16(8-9-26-18)13-4-2-1-3-5-13/h1-5,8-11,14H,6-7,12H2,(H,21,24)(H,22,25). The monoisotopic (exact) mass is 366 g/mol. The Hall–Kier alpha value is -2.93. The van der Waals surface area contributed by atoms with Crippen molar-refractivity contribution in [1.82, 2.24) is 15.1 Å². The van der Waals surface area contributed by atoms with E-state index in [1.54, 1.807) is 12.4 Å². The molecule has 26 heavy (non-hydrogen) atoms. The van der Waals surface area contributed by atoms with Gasteiger partial charge in [0.05, 0.1) is 16.8 Å². The highest BCUT2D eigenvalue weighted by molar-refractivity contribution is 7.12. The summed E-state index contributed by atoms with van der Waals surface area (Å²) >= 11 is 1.40. The first-order valence-electron chi connectivity index (χ1n) is 8.45. The number of thiophene rings is 1. The molecule has 0 unspecified atom stereocenters. The zero-order chi connectivity index (χ0) is 17.9. The molecule has 2 amide bonds. The van der Waals surface area contributed by atoms with Gasteiger partial charge in [0.25, 0.3) is 5.91 Å². The summed E-state index contributed by atoms with van der Waals surface area (Å²) in [6.45, 7) is 0.153. The van der Waals surface area contributed by atoms with Gasteiger partial charge < -0.3 is 10.6 Å². The van der Waals surface area contributed by atoms with Crippen LogP contribution in [0.3, 0.4) is 0 Å². The van der Waals surface area contributed by atoms with E-state index in [1.165, 1.54) is 16.0 Å². The summed E-state index contributed by atoms with van der Waals surface area (Å²) < 4.78 is 1.53. The number of amides is 2. The summed E-state index contributed by atoms with van der Waals surface area (Å²) in [6, 6.07) is 12.1. The Bertz CT molecular complexity index is 928. The van der Waals surface area contributed by atoms with Crippen LogP contribution in [0.4, 0.5) is 5.69 Å². The molecule has 1 aromatic carbocycles. The summed E-state index contributed by atoms with van der Waals surface area (Å²) in [6.07, 6.45) is 5.33. The molecule has 0 aliphatic heterocycles. The highest BCUT2D eigenvalue weighted by Crippen LogP contribution is 2.28. The van der Waals surface area contributed by atoms with Crippen molar-refractivity contribution in [1.29, 1.82) is 0 Å². The average Bonchev–Trinajstić information content (AvgIpc) is 3.14. The molecule has 1 fully saturated rings. The minimum atomic E-state index is -0.180. The minimum absolute atomic E-state index is 0.0573. The predicted octanol–water partition coefficient (Wildman–Crippen LogP) is 3.14. The number of nitrogens with one attached hydrogen (secondary N) is 2. The van der Waals surface area contributed by atoms with Gasteiger partial charge in [0.1, 0.15) is 6.54 Å². The molecule has 2 heterocycles. The van der Waals surface area contributed by atoms with Crippen LogP contribution in [0.25, 0.3) is 11.1 Å². The third kappa shape index (κ3) is 3.83. The molecule has 6 nitrogen and oxygen atoms in total. The molecule has 1 saturated carbocycles. The van der Waals surface area contributed by atoms with Crippen LogP contribution in [-0.2, 0) is 11.3 Å². The molecule has 0 saturated heterocycles. The van der Waals surface area contributed by atoms with Crippen LogP contribution < -0.4 is 10.6 Å². The van der Waals surface area contributed by atoms with Crippen LogP contribution in [0.1, 0.15) is 22.5 Å². The van der Waals surface area contributed by atoms with Crippen molar-refractivity contribution in [2.24, 2.45) is 0 Å². The van der Waals surface area contributed by atoms with E-state index in [4.69, 9.17) is 0 Å². The summed E-state index contributed by atoms with van der Waals surface area (Å²) in [7, 11) is 0. The lowest BCUT2D eigenvalue weighted by atomic mass is 10.1. The third-order valence-corrected chi connectivity index (χ3v) is 5.01. The van der Waals surface area contributed by atoms with Crippen molar-refractivity contribution < 1.29 is 9.59 Å². The van der Waals surface area contributed by atoms with Crippen molar-refractivity contribution in [2.45, 2.75) is 25.4 Å². The minimum Gasteiger partial charge on any atom is -0.352 e. The van der Waals surface area contributed by atoms with Crippen LogP contribution >= 0.6 is 11.3 Å². The van der Waals surface area contributed by atoms with Gasteiger partial charge in [-0.05, 0) is 29.9 Å². The Kier molecular flexibility index (Phi) is 4.53. The van der Waals surface area contributed by atoms with Crippen LogP contribution in [0.2, 0.25) is 0 Å². The SMILES string of the molecule is O=C(Cn1cc(NC(=O)c2sccc2-c2ccccc2)cn1)NC1CC1. The molecule has 132 valence electrons. The van der Waals surface area contributed by atoms with Crippen molar-refractivity contribution >= 4 is 28.8 Å². The van der Waals surface area contributed by atoms with Gasteiger partial charge in [-0.3, -0.25) is 14.3 Å². The van der Waals surface area contributed by atoms with Crippen LogP contribution in [0.5, 0.6) is 0 Å². The Balaban J connectivity index is 1.43. The smallest absolute Gasteiger partial charge is 0.266 e. The molecule has 3 aromatic rings. The number of nitrogens with zero attached hydrogens (tertiary/aromatic N) is 2. The fourth-order valence-electron chi connectivity index (χ4n) is 2.68. The summed E-state index contributed by atoms with van der Waals surface area (Å²) in [5.41, 5.74) is 2.48. The molecule has 7 heteroatoms. The second-order valence-electron chi connectivity index (χ2n) is 6.25. The van der Waals surface area contributed by atoms with E-state index in [0.29, 0.717) is 16.6 Å². The normalized spacial score (nSPS) is 13.4. The lowest BCUT2D eigenvalue weighted by Crippen LogP contribution is -2.29. The first kappa shape index (κ1) is 16.5. The Labute approximate surface area is 154 Å². The number of hydrogen-bond acceptors (Lipinski definition) is 4. The molecule has 1 aliphatic carbocycles. The fourth-order valence-corrected chi connectivity index (χ4v) is 3.49. The number of anilines is 1. The first-order valence-corrected chi connectivity index (χ1v) is 9.33. The van der Waals surface area contributed by atoms with E-state index >= 15 is 0 Å². The molecule has 1 aliphatic rings. The van der Waals surface area contributed by atoms with Crippen molar-refractivity contribution in [3.8, 4) is 11.1 Å². The highest BCUT2D eigenvalue weighted by atomic mass is 32.1. The molecular formula is C19H18N4O2S. The van der Waals surface area contributed by atoms with Crippen LogP contribution in [-0.4, -0.2) is 27.6 Å². The number of rotatable bonds is 6. The Morgan fingerprint density at radius 3 is 2.77 bits per heavy atom. The predicted molar refractivity (Wildman–Crippen MR) is 101 cm³/mol. The van der Waals surface area contributed by atoms with Gasteiger partial charge in [-0.2, -0.15) is 5.10 Å². The van der Waals surface area contributed by atoms with Crippen molar-refractivity contribution in [2.75, 3.05) is 5.32 Å². The summed E-state index contributed by atoms with van der Waals surface area (Å²) in [4.78, 5) is 25.1. The molecule has 2 N–H and O–H groups in total. The van der Waals surface area contributed by atoms with E-state index in [0.717, 1.165) is 24.0 Å². The van der Waals surface area contributed by atoms with Gasteiger partial charge in [-0.15, -0.1) is 11.3 Å². The second-order valence-corrected chi connectivity index (χ2v) is 7.17. The van der Waals surface area contributed by atoms with Gasteiger partial charge in [0.15, 0.2) is 0 Å². The van der Waals surface area contributed by atoms with Gasteiger partial charge in [0.2, 0.25) is 5.91 Å². The van der Waals surface area contributed by atoms with Gasteiger partial charge in [0, 0.05) is 17.8 Å². The van der Waals surface area contributed by atoms with E-state index in [1.807, 2.05) is 41.8 Å². The molecule has 0 atom stereocenters. The first-order chi connectivity index (χ1) is 12.7. The van der Waals surface area contributed by atoms with Gasteiger partial charge in [-0.1, -0.05) is 30.3 Å². The van der Waals surface area contributed by atoms with E-state index in [-0.39, 0.29) is 18.4 Å². The average molecular weight is 366 g/mol. The quantitative estimate of drug-likeness (QED) is 0.704. The Morgan fingerprint density at radius 1 is 1.19 bits per heavy atom. The zero-order valence-electron chi connectivity index (χ0n) is 14.0. The molecule has 0 spiro atoms. The fraction of sp³-hybridized carbons (Fsp3) is 0.211. The third-order valence-electron chi connectivity index (χ3n) is 4.10. The van der Waals surface area contributed by atoms with E-state index < -0.39 is 0 Å². The lowest BCUT2D eigenvalue weighted by Gasteiger charge is -2.05. The topological polar surface area (TPSA) is 76.0 Å². The zero-order valence-corrected chi connectivity index (χ0v) is 14.8. The number of carbonyl (C=O) groups excluding carboxylic acids is 2. The molecular weight excluding hydrogens is 348 g/mol. The molecule has 2 aromatic heterocycles. The maximum Gasteiger partial charge on any atom is 0.266 e. The molecule has 0 radical (unpaired) electrons. The van der Waals surface area contributed by atoms with E-state index in [9.17, 15) is 9.59 Å². The number of hydrogen-bond donors (Lipinski definition) is 2. The Morgan fingerprint density at radius 2 is 2.00 bits per heavy atom. The summed E-state index contributed by atoms with van der Waals surface area (Å²) in [5, 5.41) is 11.8. The molecule has 0 bridgehead atoms. The van der Waals surface area contributed by atoms with Crippen molar-refractivity contribution in [3.05, 3.63) is 59.0 Å². The molecule has 4 rings (SSSR count). The van der Waals surface area contributed by atoms with Crippen LogP contribution in [0.15, 0.2) is 54.2 Å². The largest absolute Gasteiger partial charge is 0.352 e. The van der Waals surface area contributed by atoms with Gasteiger partial charge >= 0.3 is 0 Å². The van der Waals surface area contributed by atoms with Crippen molar-refractivity contribution in [3.63, 3.8) is 0 Å². The maximum atomic E-state index is 12.6. The van der Waals surface area contributed by atoms with Gasteiger partial charge in [-0.25, -0.2) is 0 Å². The van der Waals surface area contributed by atoms with E-state index in [2.05, 4.69) is 15.7 Å². The number of carbonyl (C=O) groups is 2.